The van der Waals surface area contributed by atoms with Gasteiger partial charge in [-0.25, -0.2) is 4.98 Å². The Bertz CT molecular complexity index is 911. The van der Waals surface area contributed by atoms with Gasteiger partial charge in [0.25, 0.3) is 0 Å². The first-order valence-electron chi connectivity index (χ1n) is 10.9. The number of aryl methyl sites for hydroxylation is 1. The van der Waals surface area contributed by atoms with E-state index in [2.05, 4.69) is 75.1 Å². The van der Waals surface area contributed by atoms with Crippen LogP contribution < -0.4 is 10.6 Å². The van der Waals surface area contributed by atoms with Crippen LogP contribution in [0.2, 0.25) is 0 Å². The molecule has 0 amide bonds. The van der Waals surface area contributed by atoms with Crippen LogP contribution in [0.4, 0.5) is 0 Å². The van der Waals surface area contributed by atoms with E-state index in [4.69, 9.17) is 4.98 Å². The molecule has 2 N–H and O–H groups in total. The summed E-state index contributed by atoms with van der Waals surface area (Å²) in [4.78, 5) is 11.7. The van der Waals surface area contributed by atoms with Crippen molar-refractivity contribution in [1.82, 2.24) is 20.5 Å². The van der Waals surface area contributed by atoms with Crippen LogP contribution in [0.3, 0.4) is 0 Å². The molecule has 1 aliphatic rings. The Morgan fingerprint density at radius 1 is 1.10 bits per heavy atom. The van der Waals surface area contributed by atoms with Gasteiger partial charge < -0.3 is 10.6 Å². The maximum atomic E-state index is 4.72. The zero-order valence-corrected chi connectivity index (χ0v) is 18.5. The molecule has 0 bridgehead atoms. The SMILES string of the molecule is CN=C(NCCCc1nc2ccccc2s1)NC1CCN(Cc2ccccc2)CC1. The number of hydrogen-bond acceptors (Lipinski definition) is 4. The number of likely N-dealkylation sites (tertiary alicyclic amines) is 1. The van der Waals surface area contributed by atoms with Gasteiger partial charge in [-0.15, -0.1) is 11.3 Å². The standard InChI is InChI=1S/C24H31N5S/c1-25-24(26-15-7-12-23-28-21-10-5-6-11-22(21)30-23)27-20-13-16-29(17-14-20)18-19-8-3-2-4-9-19/h2-6,8-11,20H,7,12-18H2,1H3,(H2,25,26,27). The molecule has 4 rings (SSSR count). The van der Waals surface area contributed by atoms with E-state index >= 15 is 0 Å². The summed E-state index contributed by atoms with van der Waals surface area (Å²) in [5, 5.41) is 8.30. The van der Waals surface area contributed by atoms with Crippen LogP contribution >= 0.6 is 11.3 Å². The van der Waals surface area contributed by atoms with Crippen molar-refractivity contribution in [2.75, 3.05) is 26.7 Å². The van der Waals surface area contributed by atoms with Gasteiger partial charge in [0.15, 0.2) is 5.96 Å². The van der Waals surface area contributed by atoms with Gasteiger partial charge in [0.2, 0.25) is 0 Å². The van der Waals surface area contributed by atoms with Crippen molar-refractivity contribution in [3.63, 3.8) is 0 Å². The largest absolute Gasteiger partial charge is 0.356 e. The van der Waals surface area contributed by atoms with Gasteiger partial charge in [0.1, 0.15) is 0 Å². The monoisotopic (exact) mass is 421 g/mol. The third-order valence-corrected chi connectivity index (χ3v) is 6.70. The molecule has 2 heterocycles. The fraction of sp³-hybridized carbons (Fsp3) is 0.417. The van der Waals surface area contributed by atoms with Gasteiger partial charge in [0, 0.05) is 45.7 Å². The van der Waals surface area contributed by atoms with Gasteiger partial charge in [0.05, 0.1) is 15.2 Å². The topological polar surface area (TPSA) is 52.6 Å². The molecule has 1 aromatic heterocycles. The molecule has 6 heteroatoms. The first-order chi connectivity index (χ1) is 14.8. The summed E-state index contributed by atoms with van der Waals surface area (Å²) in [6, 6.07) is 19.6. The minimum atomic E-state index is 0.493. The quantitative estimate of drug-likeness (QED) is 0.343. The molecule has 2 aromatic carbocycles. The van der Waals surface area contributed by atoms with E-state index in [1.54, 1.807) is 11.3 Å². The molecule has 0 aliphatic carbocycles. The number of fused-ring (bicyclic) bond motifs is 1. The van der Waals surface area contributed by atoms with E-state index in [1.807, 2.05) is 7.05 Å². The number of thiazole rings is 1. The number of guanidine groups is 1. The molecule has 5 nitrogen and oxygen atoms in total. The number of nitrogens with one attached hydrogen (secondary N) is 2. The van der Waals surface area contributed by atoms with E-state index in [0.29, 0.717) is 6.04 Å². The number of nitrogens with zero attached hydrogens (tertiary/aromatic N) is 3. The number of aliphatic imine (C=N–C) groups is 1. The number of rotatable bonds is 7. The Hall–Kier alpha value is -2.44. The van der Waals surface area contributed by atoms with Crippen molar-refractivity contribution in [2.45, 2.75) is 38.3 Å². The molecule has 1 fully saturated rings. The first kappa shape index (κ1) is 20.8. The summed E-state index contributed by atoms with van der Waals surface area (Å²) in [5.41, 5.74) is 2.51. The summed E-state index contributed by atoms with van der Waals surface area (Å²) in [5.74, 6) is 0.917. The summed E-state index contributed by atoms with van der Waals surface area (Å²) in [6.45, 7) is 4.21. The molecule has 0 unspecified atom stereocenters. The molecule has 1 saturated heterocycles. The first-order valence-corrected chi connectivity index (χ1v) is 11.7. The number of hydrogen-bond donors (Lipinski definition) is 2. The fourth-order valence-electron chi connectivity index (χ4n) is 3.94. The lowest BCUT2D eigenvalue weighted by molar-refractivity contribution is 0.198. The summed E-state index contributed by atoms with van der Waals surface area (Å²) >= 11 is 1.80. The van der Waals surface area contributed by atoms with E-state index < -0.39 is 0 Å². The Morgan fingerprint density at radius 3 is 2.63 bits per heavy atom. The highest BCUT2D eigenvalue weighted by Gasteiger charge is 2.19. The van der Waals surface area contributed by atoms with Gasteiger partial charge in [-0.2, -0.15) is 0 Å². The molecular weight excluding hydrogens is 390 g/mol. The van der Waals surface area contributed by atoms with Crippen LogP contribution in [0, 0.1) is 0 Å². The number of benzene rings is 2. The van der Waals surface area contributed by atoms with Crippen molar-refractivity contribution in [2.24, 2.45) is 4.99 Å². The van der Waals surface area contributed by atoms with Crippen LogP contribution in [-0.2, 0) is 13.0 Å². The fourth-order valence-corrected chi connectivity index (χ4v) is 4.95. The smallest absolute Gasteiger partial charge is 0.191 e. The van der Waals surface area contributed by atoms with Crippen LogP contribution in [0.5, 0.6) is 0 Å². The molecule has 158 valence electrons. The number of aromatic nitrogens is 1. The summed E-state index contributed by atoms with van der Waals surface area (Å²) in [6.07, 6.45) is 4.36. The van der Waals surface area contributed by atoms with Gasteiger partial charge in [-0.1, -0.05) is 42.5 Å². The second-order valence-electron chi connectivity index (χ2n) is 7.86. The minimum Gasteiger partial charge on any atom is -0.356 e. The lowest BCUT2D eigenvalue weighted by atomic mass is 10.0. The van der Waals surface area contributed by atoms with Crippen LogP contribution in [0.15, 0.2) is 59.6 Å². The Balaban J connectivity index is 1.15. The summed E-state index contributed by atoms with van der Waals surface area (Å²) in [7, 11) is 1.85. The van der Waals surface area contributed by atoms with Crippen LogP contribution in [0.25, 0.3) is 10.2 Å². The predicted molar refractivity (Wildman–Crippen MR) is 127 cm³/mol. The van der Waals surface area contributed by atoms with Crippen LogP contribution in [0.1, 0.15) is 29.8 Å². The van der Waals surface area contributed by atoms with E-state index in [1.165, 1.54) is 15.3 Å². The highest BCUT2D eigenvalue weighted by atomic mass is 32.1. The maximum Gasteiger partial charge on any atom is 0.191 e. The average Bonchev–Trinajstić information content (AvgIpc) is 3.21. The molecule has 30 heavy (non-hydrogen) atoms. The maximum absolute atomic E-state index is 4.72. The molecule has 1 aliphatic heterocycles. The number of para-hydroxylation sites is 1. The molecule has 0 saturated carbocycles. The molecule has 0 radical (unpaired) electrons. The predicted octanol–water partition coefficient (Wildman–Crippen LogP) is 4.06. The van der Waals surface area contributed by atoms with Crippen LogP contribution in [-0.4, -0.2) is 48.6 Å². The van der Waals surface area contributed by atoms with Crippen molar-refractivity contribution in [3.05, 3.63) is 65.2 Å². The van der Waals surface area contributed by atoms with Gasteiger partial charge in [-0.3, -0.25) is 9.89 Å². The number of piperidine rings is 1. The van der Waals surface area contributed by atoms with Crippen molar-refractivity contribution in [3.8, 4) is 0 Å². The molecular formula is C24H31N5S. The van der Waals surface area contributed by atoms with Crippen molar-refractivity contribution >= 4 is 27.5 Å². The molecule has 0 atom stereocenters. The third-order valence-electron chi connectivity index (χ3n) is 5.60. The van der Waals surface area contributed by atoms with E-state index in [9.17, 15) is 0 Å². The summed E-state index contributed by atoms with van der Waals surface area (Å²) < 4.78 is 1.27. The second kappa shape index (κ2) is 10.5. The Labute approximate surface area is 183 Å². The average molecular weight is 422 g/mol. The Kier molecular flexibility index (Phi) is 7.32. The second-order valence-corrected chi connectivity index (χ2v) is 8.97. The molecule has 3 aromatic rings. The van der Waals surface area contributed by atoms with Gasteiger partial charge >= 0.3 is 0 Å². The Morgan fingerprint density at radius 2 is 1.87 bits per heavy atom. The highest BCUT2D eigenvalue weighted by molar-refractivity contribution is 7.18. The normalized spacial score (nSPS) is 16.1. The zero-order chi connectivity index (χ0) is 20.6. The highest BCUT2D eigenvalue weighted by Crippen LogP contribution is 2.22. The van der Waals surface area contributed by atoms with Crippen molar-refractivity contribution < 1.29 is 0 Å². The molecule has 0 spiro atoms. The van der Waals surface area contributed by atoms with E-state index in [0.717, 1.165) is 63.3 Å². The van der Waals surface area contributed by atoms with Gasteiger partial charge in [-0.05, 0) is 37.0 Å². The third kappa shape index (κ3) is 5.80. The zero-order valence-electron chi connectivity index (χ0n) is 17.7. The lowest BCUT2D eigenvalue weighted by Gasteiger charge is -2.33. The van der Waals surface area contributed by atoms with Crippen molar-refractivity contribution in [1.29, 1.82) is 0 Å². The van der Waals surface area contributed by atoms with E-state index in [-0.39, 0.29) is 0 Å². The minimum absolute atomic E-state index is 0.493. The lowest BCUT2D eigenvalue weighted by Crippen LogP contribution is -2.48.